The van der Waals surface area contributed by atoms with Crippen LogP contribution in [0.2, 0.25) is 0 Å². The van der Waals surface area contributed by atoms with Gasteiger partial charge in [0.25, 0.3) is 5.91 Å². The Hall–Kier alpha value is -5.65. The molecule has 3 heterocycles. The lowest BCUT2D eigenvalue weighted by Crippen LogP contribution is -2.49. The van der Waals surface area contributed by atoms with E-state index in [1.54, 1.807) is 0 Å². The van der Waals surface area contributed by atoms with E-state index in [9.17, 15) is 45.5 Å². The summed E-state index contributed by atoms with van der Waals surface area (Å²) in [4.78, 5) is 60.0. The lowest BCUT2D eigenvalue weighted by Gasteiger charge is -2.34. The van der Waals surface area contributed by atoms with E-state index in [2.05, 4.69) is 20.5 Å². The Bertz CT molecular complexity index is 2230. The molecule has 3 aromatic rings. The highest BCUT2D eigenvalue weighted by atomic mass is 32.1. The third kappa shape index (κ3) is 9.86. The van der Waals surface area contributed by atoms with Gasteiger partial charge in [-0.25, -0.2) is 18.2 Å². The van der Waals surface area contributed by atoms with Gasteiger partial charge in [0.2, 0.25) is 12.3 Å². The zero-order chi connectivity index (χ0) is 43.5. The van der Waals surface area contributed by atoms with Crippen molar-refractivity contribution in [2.75, 3.05) is 66.3 Å². The third-order valence-corrected chi connectivity index (χ3v) is 10.8. The lowest BCUT2D eigenvalue weighted by atomic mass is 9.93. The molecule has 1 unspecified atom stereocenters. The number of amides is 2. The van der Waals surface area contributed by atoms with Gasteiger partial charge in [0.05, 0.1) is 42.1 Å². The molecule has 20 heteroatoms. The number of carbonyl (C=O) groups is 4. The summed E-state index contributed by atoms with van der Waals surface area (Å²) in [6, 6.07) is 9.84. The van der Waals surface area contributed by atoms with E-state index < -0.39 is 59.5 Å². The first kappa shape index (κ1) is 43.9. The second-order valence-electron chi connectivity index (χ2n) is 15.0. The van der Waals surface area contributed by atoms with Crippen LogP contribution < -0.4 is 25.2 Å². The van der Waals surface area contributed by atoms with Gasteiger partial charge in [-0.15, -0.1) is 0 Å². The highest BCUT2D eigenvalue weighted by Gasteiger charge is 2.51. The van der Waals surface area contributed by atoms with Crippen molar-refractivity contribution in [2.24, 2.45) is 0 Å². The van der Waals surface area contributed by atoms with Crippen LogP contribution in [0.3, 0.4) is 0 Å². The van der Waals surface area contributed by atoms with Crippen LogP contribution in [0, 0.1) is 17.1 Å². The molecule has 60 heavy (non-hydrogen) atoms. The Morgan fingerprint density at radius 2 is 1.77 bits per heavy atom. The van der Waals surface area contributed by atoms with E-state index >= 15 is 0 Å². The highest BCUT2D eigenvalue weighted by molar-refractivity contribution is 7.81. The maximum atomic E-state index is 14.6. The molecule has 1 saturated carbocycles. The molecule has 13 nitrogen and oxygen atoms in total. The summed E-state index contributed by atoms with van der Waals surface area (Å²) in [5, 5.41) is 14.5. The fourth-order valence-electron chi connectivity index (χ4n) is 7.29. The van der Waals surface area contributed by atoms with E-state index in [0.29, 0.717) is 50.9 Å². The normalized spacial score (nSPS) is 18.9. The SMILES string of the molecule is CC1(C)C(=O)N(c2cnc(C#N)c(C(F)(F)F)c2)C(=S)N1c1ccc(OCCN2CCN(CC(=O)Nc3cc(NC4CCC(=O)CC4=O)ccc3F)CC2)c(CC(F)F)c1. The Labute approximate surface area is 346 Å². The molecule has 3 fully saturated rings. The third-order valence-electron chi connectivity index (χ3n) is 10.4. The number of piperazine rings is 1. The largest absolute Gasteiger partial charge is 0.492 e. The number of ether oxygens (including phenoxy) is 1. The Balaban J connectivity index is 1.03. The number of nitriles is 1. The van der Waals surface area contributed by atoms with Crippen molar-refractivity contribution >= 4 is 63.5 Å². The first-order valence-electron chi connectivity index (χ1n) is 18.9. The number of thiocarbonyl (C=S) groups is 1. The molecule has 1 aliphatic carbocycles. The van der Waals surface area contributed by atoms with Gasteiger partial charge in [0.15, 0.2) is 16.6 Å². The van der Waals surface area contributed by atoms with Gasteiger partial charge in [-0.3, -0.25) is 33.9 Å². The van der Waals surface area contributed by atoms with Crippen LogP contribution in [0.25, 0.3) is 0 Å². The Morgan fingerprint density at radius 1 is 1.05 bits per heavy atom. The second kappa shape index (κ2) is 17.9. The number of Topliss-reactive ketones (excluding diaryl/α,β-unsaturated/α-hetero) is 2. The molecule has 2 amide bonds. The minimum Gasteiger partial charge on any atom is -0.492 e. The molecule has 1 atom stereocenters. The number of rotatable bonds is 13. The highest BCUT2D eigenvalue weighted by Crippen LogP contribution is 2.40. The molecular formula is C40H40F6N8O5S. The van der Waals surface area contributed by atoms with Crippen LogP contribution in [-0.2, 0) is 31.8 Å². The number of halogens is 6. The fraction of sp³-hybridized carbons (Fsp3) is 0.425. The van der Waals surface area contributed by atoms with E-state index in [-0.39, 0.29) is 71.0 Å². The van der Waals surface area contributed by atoms with Crippen LogP contribution in [-0.4, -0.2) is 107 Å². The molecule has 0 radical (unpaired) electrons. The van der Waals surface area contributed by atoms with E-state index in [4.69, 9.17) is 22.2 Å². The van der Waals surface area contributed by atoms with Crippen molar-refractivity contribution in [3.63, 3.8) is 0 Å². The van der Waals surface area contributed by atoms with Gasteiger partial charge < -0.3 is 20.3 Å². The first-order valence-corrected chi connectivity index (χ1v) is 19.3. The van der Waals surface area contributed by atoms with Crippen LogP contribution in [0.5, 0.6) is 5.75 Å². The van der Waals surface area contributed by atoms with Crippen molar-refractivity contribution in [2.45, 2.75) is 63.7 Å². The molecule has 3 aliphatic rings. The summed E-state index contributed by atoms with van der Waals surface area (Å²) < 4.78 is 89.4. The number of hydrogen-bond donors (Lipinski definition) is 2. The van der Waals surface area contributed by atoms with Crippen LogP contribution in [0.4, 0.5) is 49.1 Å². The van der Waals surface area contributed by atoms with E-state index in [1.807, 2.05) is 4.90 Å². The van der Waals surface area contributed by atoms with Crippen molar-refractivity contribution in [3.05, 3.63) is 71.3 Å². The summed E-state index contributed by atoms with van der Waals surface area (Å²) in [6.07, 6.45) is -7.02. The number of nitrogens with zero attached hydrogens (tertiary/aromatic N) is 6. The van der Waals surface area contributed by atoms with Gasteiger partial charge in [-0.1, -0.05) is 0 Å². The number of benzene rings is 2. The number of carbonyl (C=O) groups excluding carboxylic acids is 4. The van der Waals surface area contributed by atoms with Crippen LogP contribution >= 0.6 is 12.2 Å². The number of alkyl halides is 5. The standard InChI is InChI=1S/C40H40F6N8O5S/c1-39(2)37(58)53(26-18-28(40(44,45)46)32(20-47)48-21-26)38(60)54(39)25-4-8-34(23(15-25)16-35(42)43)59-14-13-51-9-11-52(12-10-51)22-36(57)50-31-17-24(3-6-29(31)41)49-30-7-5-27(55)19-33(30)56/h3-4,6,8,15,17-18,21,30,35,49H,5,7,9-14,16,19,22H2,1-2H3,(H,50,57). The number of ketones is 2. The first-order chi connectivity index (χ1) is 28.3. The average molecular weight is 859 g/mol. The predicted molar refractivity (Wildman–Crippen MR) is 211 cm³/mol. The monoisotopic (exact) mass is 858 g/mol. The van der Waals surface area contributed by atoms with Crippen molar-refractivity contribution in [1.29, 1.82) is 5.26 Å². The lowest BCUT2D eigenvalue weighted by molar-refractivity contribution is -0.138. The van der Waals surface area contributed by atoms with Crippen molar-refractivity contribution < 1.29 is 50.3 Å². The van der Waals surface area contributed by atoms with Gasteiger partial charge in [-0.2, -0.15) is 18.4 Å². The molecular weight excluding hydrogens is 819 g/mol. The fourth-order valence-corrected chi connectivity index (χ4v) is 7.82. The summed E-state index contributed by atoms with van der Waals surface area (Å²) in [7, 11) is 0. The zero-order valence-corrected chi connectivity index (χ0v) is 33.3. The van der Waals surface area contributed by atoms with E-state index in [1.165, 1.54) is 61.2 Å². The molecule has 318 valence electrons. The van der Waals surface area contributed by atoms with Crippen LogP contribution in [0.15, 0.2) is 48.7 Å². The molecule has 2 aromatic carbocycles. The Kier molecular flexibility index (Phi) is 13.1. The molecule has 0 spiro atoms. The quantitative estimate of drug-likeness (QED) is 0.126. The molecule has 2 N–H and O–H groups in total. The molecule has 1 aromatic heterocycles. The number of pyridine rings is 1. The number of hydrogen-bond acceptors (Lipinski definition) is 11. The topological polar surface area (TPSA) is 151 Å². The van der Waals surface area contributed by atoms with Gasteiger partial charge >= 0.3 is 6.18 Å². The minimum absolute atomic E-state index is 0.00638. The molecule has 6 rings (SSSR count). The summed E-state index contributed by atoms with van der Waals surface area (Å²) in [5.74, 6) is -1.98. The van der Waals surface area contributed by atoms with E-state index in [0.717, 1.165) is 11.1 Å². The van der Waals surface area contributed by atoms with Crippen LogP contribution in [0.1, 0.15) is 49.9 Å². The van der Waals surface area contributed by atoms with Gasteiger partial charge in [-0.05, 0) is 75.0 Å². The van der Waals surface area contributed by atoms with Gasteiger partial charge in [0.1, 0.15) is 35.6 Å². The smallest absolute Gasteiger partial charge is 0.419 e. The average Bonchev–Trinajstić information content (AvgIpc) is 3.36. The predicted octanol–water partition coefficient (Wildman–Crippen LogP) is 5.57. The van der Waals surface area contributed by atoms with Crippen molar-refractivity contribution in [1.82, 2.24) is 14.8 Å². The van der Waals surface area contributed by atoms with Gasteiger partial charge in [0, 0.05) is 62.5 Å². The number of anilines is 4. The Morgan fingerprint density at radius 3 is 2.43 bits per heavy atom. The summed E-state index contributed by atoms with van der Waals surface area (Å²) in [6.45, 7) is 5.61. The molecule has 0 bridgehead atoms. The summed E-state index contributed by atoms with van der Waals surface area (Å²) >= 11 is 5.57. The zero-order valence-electron chi connectivity index (χ0n) is 32.5. The maximum absolute atomic E-state index is 14.6. The molecule has 2 aliphatic heterocycles. The summed E-state index contributed by atoms with van der Waals surface area (Å²) in [5.41, 5.74) is -3.28. The maximum Gasteiger partial charge on any atom is 0.419 e. The van der Waals surface area contributed by atoms with Crippen molar-refractivity contribution in [3.8, 4) is 11.8 Å². The molecule has 2 saturated heterocycles. The number of aromatic nitrogens is 1. The number of nitrogens with one attached hydrogen (secondary N) is 2. The second-order valence-corrected chi connectivity index (χ2v) is 15.4. The minimum atomic E-state index is -4.94.